The zero-order valence-corrected chi connectivity index (χ0v) is 10.7. The van der Waals surface area contributed by atoms with Crippen LogP contribution in [0.15, 0.2) is 24.3 Å². The Morgan fingerprint density at radius 2 is 1.72 bits per heavy atom. The molecule has 18 heavy (non-hydrogen) atoms. The average molecular weight is 249 g/mol. The summed E-state index contributed by atoms with van der Waals surface area (Å²) in [5.41, 5.74) is 1.69. The molecule has 1 rings (SSSR count). The molecule has 0 fully saturated rings. The smallest absolute Gasteiger partial charge is 0.319 e. The molecular formula is C13H17N2O3-. The van der Waals surface area contributed by atoms with Crippen LogP contribution in [-0.4, -0.2) is 18.0 Å². The van der Waals surface area contributed by atoms with E-state index in [1.54, 1.807) is 26.0 Å². The highest BCUT2D eigenvalue weighted by molar-refractivity contribution is 5.92. The lowest BCUT2D eigenvalue weighted by Gasteiger charge is -2.23. The number of aliphatic carboxylic acids is 1. The predicted molar refractivity (Wildman–Crippen MR) is 67.0 cm³/mol. The Morgan fingerprint density at radius 3 is 2.17 bits per heavy atom. The van der Waals surface area contributed by atoms with Gasteiger partial charge in [-0.3, -0.25) is 0 Å². The first-order valence-electron chi connectivity index (χ1n) is 5.75. The minimum Gasteiger partial charge on any atom is -0.548 e. The molecule has 5 nitrogen and oxygen atoms in total. The maximum absolute atomic E-state index is 11.6. The molecule has 2 amide bonds. The second-order valence-corrected chi connectivity index (χ2v) is 4.51. The SMILES string of the molecule is Cc1ccc(NC(=O)N[C@@H](C(=O)[O-])C(C)C)cc1. The van der Waals surface area contributed by atoms with Crippen molar-refractivity contribution in [2.75, 3.05) is 5.32 Å². The topological polar surface area (TPSA) is 81.3 Å². The number of anilines is 1. The van der Waals surface area contributed by atoms with Crippen molar-refractivity contribution in [3.63, 3.8) is 0 Å². The minimum atomic E-state index is -1.29. The van der Waals surface area contributed by atoms with Gasteiger partial charge in [0.15, 0.2) is 0 Å². The Bertz CT molecular complexity index is 426. The van der Waals surface area contributed by atoms with Gasteiger partial charge < -0.3 is 20.5 Å². The van der Waals surface area contributed by atoms with Crippen LogP contribution in [0.5, 0.6) is 0 Å². The molecular weight excluding hydrogens is 232 g/mol. The highest BCUT2D eigenvalue weighted by Gasteiger charge is 2.17. The molecule has 2 N–H and O–H groups in total. The van der Waals surface area contributed by atoms with Crippen LogP contribution in [0.3, 0.4) is 0 Å². The lowest BCUT2D eigenvalue weighted by molar-refractivity contribution is -0.309. The Balaban J connectivity index is 2.60. The van der Waals surface area contributed by atoms with E-state index in [1.165, 1.54) is 0 Å². The van der Waals surface area contributed by atoms with Crippen molar-refractivity contribution < 1.29 is 14.7 Å². The van der Waals surface area contributed by atoms with Crippen molar-refractivity contribution in [2.45, 2.75) is 26.8 Å². The van der Waals surface area contributed by atoms with Gasteiger partial charge in [0.1, 0.15) is 0 Å². The van der Waals surface area contributed by atoms with Crippen LogP contribution < -0.4 is 15.7 Å². The standard InChI is InChI=1S/C13H18N2O3/c1-8(2)11(12(16)17)15-13(18)14-10-6-4-9(3)5-7-10/h4-8,11H,1-3H3,(H,16,17)(H2,14,15,18)/p-1/t11-/m1/s1. The van der Waals surface area contributed by atoms with Gasteiger partial charge >= 0.3 is 6.03 Å². The molecule has 0 heterocycles. The van der Waals surface area contributed by atoms with Gasteiger partial charge in [0, 0.05) is 5.69 Å². The highest BCUT2D eigenvalue weighted by Crippen LogP contribution is 2.08. The van der Waals surface area contributed by atoms with E-state index in [0.29, 0.717) is 5.69 Å². The molecule has 1 aromatic rings. The number of nitrogens with one attached hydrogen (secondary N) is 2. The molecule has 5 heteroatoms. The van der Waals surface area contributed by atoms with Crippen LogP contribution in [0, 0.1) is 12.8 Å². The van der Waals surface area contributed by atoms with E-state index in [1.807, 2.05) is 19.1 Å². The van der Waals surface area contributed by atoms with E-state index in [-0.39, 0.29) is 5.92 Å². The van der Waals surface area contributed by atoms with E-state index < -0.39 is 18.0 Å². The van der Waals surface area contributed by atoms with Crippen molar-refractivity contribution in [3.05, 3.63) is 29.8 Å². The summed E-state index contributed by atoms with van der Waals surface area (Å²) in [6.07, 6.45) is 0. The van der Waals surface area contributed by atoms with Crippen LogP contribution in [0.1, 0.15) is 19.4 Å². The summed E-state index contributed by atoms with van der Waals surface area (Å²) in [4.78, 5) is 22.4. The normalized spacial score (nSPS) is 12.0. The fraction of sp³-hybridized carbons (Fsp3) is 0.385. The summed E-state index contributed by atoms with van der Waals surface area (Å²) in [5.74, 6) is -1.53. The van der Waals surface area contributed by atoms with E-state index in [0.717, 1.165) is 5.56 Å². The zero-order valence-electron chi connectivity index (χ0n) is 10.7. The summed E-state index contributed by atoms with van der Waals surface area (Å²) in [5, 5.41) is 15.8. The Morgan fingerprint density at radius 1 is 1.17 bits per heavy atom. The quantitative estimate of drug-likeness (QED) is 0.831. The summed E-state index contributed by atoms with van der Waals surface area (Å²) in [6, 6.07) is 5.65. The van der Waals surface area contributed by atoms with Crippen LogP contribution in [0.4, 0.5) is 10.5 Å². The van der Waals surface area contributed by atoms with Gasteiger partial charge in [0.2, 0.25) is 0 Å². The molecule has 1 aromatic carbocycles. The minimum absolute atomic E-state index is 0.237. The number of carbonyl (C=O) groups is 2. The number of hydrogen-bond acceptors (Lipinski definition) is 3. The molecule has 0 aliphatic rings. The molecule has 0 aromatic heterocycles. The first-order valence-corrected chi connectivity index (χ1v) is 5.75. The second kappa shape index (κ2) is 6.05. The summed E-state index contributed by atoms with van der Waals surface area (Å²) >= 11 is 0. The van der Waals surface area contributed by atoms with Gasteiger partial charge in [-0.15, -0.1) is 0 Å². The van der Waals surface area contributed by atoms with Gasteiger partial charge in [-0.2, -0.15) is 0 Å². The molecule has 0 saturated carbocycles. The van der Waals surface area contributed by atoms with E-state index in [2.05, 4.69) is 10.6 Å². The van der Waals surface area contributed by atoms with E-state index in [4.69, 9.17) is 0 Å². The lowest BCUT2D eigenvalue weighted by atomic mass is 10.1. The third kappa shape index (κ3) is 4.08. The van der Waals surface area contributed by atoms with Crippen molar-refractivity contribution in [3.8, 4) is 0 Å². The van der Waals surface area contributed by atoms with Gasteiger partial charge in [-0.1, -0.05) is 31.5 Å². The molecule has 98 valence electrons. The molecule has 0 bridgehead atoms. The molecule has 0 saturated heterocycles. The van der Waals surface area contributed by atoms with Crippen LogP contribution in [0.2, 0.25) is 0 Å². The third-order valence-corrected chi connectivity index (χ3v) is 2.52. The molecule has 0 aliphatic carbocycles. The maximum atomic E-state index is 11.6. The summed E-state index contributed by atoms with van der Waals surface area (Å²) in [7, 11) is 0. The van der Waals surface area contributed by atoms with Gasteiger partial charge in [0.05, 0.1) is 12.0 Å². The van der Waals surface area contributed by atoms with Crippen molar-refractivity contribution >= 4 is 17.7 Å². The fourth-order valence-corrected chi connectivity index (χ4v) is 1.44. The second-order valence-electron chi connectivity index (χ2n) is 4.51. The van der Waals surface area contributed by atoms with Crippen molar-refractivity contribution in [1.29, 1.82) is 0 Å². The molecule has 1 atom stereocenters. The fourth-order valence-electron chi connectivity index (χ4n) is 1.44. The number of carbonyl (C=O) groups excluding carboxylic acids is 2. The largest absolute Gasteiger partial charge is 0.548 e. The number of aryl methyl sites for hydroxylation is 1. The molecule has 0 unspecified atom stereocenters. The van der Waals surface area contributed by atoms with E-state index >= 15 is 0 Å². The molecule has 0 radical (unpaired) electrons. The lowest BCUT2D eigenvalue weighted by Crippen LogP contribution is -2.51. The molecule has 0 spiro atoms. The zero-order chi connectivity index (χ0) is 13.7. The maximum Gasteiger partial charge on any atom is 0.319 e. The van der Waals surface area contributed by atoms with Gasteiger partial charge in [-0.05, 0) is 25.0 Å². The number of urea groups is 1. The average Bonchev–Trinajstić information content (AvgIpc) is 2.28. The van der Waals surface area contributed by atoms with Crippen molar-refractivity contribution in [2.24, 2.45) is 5.92 Å². The summed E-state index contributed by atoms with van der Waals surface area (Å²) < 4.78 is 0. The van der Waals surface area contributed by atoms with E-state index in [9.17, 15) is 14.7 Å². The monoisotopic (exact) mass is 249 g/mol. The number of carboxylic acids is 1. The van der Waals surface area contributed by atoms with Gasteiger partial charge in [0.25, 0.3) is 0 Å². The highest BCUT2D eigenvalue weighted by atomic mass is 16.4. The summed E-state index contributed by atoms with van der Waals surface area (Å²) in [6.45, 7) is 5.34. The number of rotatable bonds is 4. The number of amides is 2. The number of benzene rings is 1. The first-order chi connectivity index (χ1) is 8.40. The Labute approximate surface area is 106 Å². The van der Waals surface area contributed by atoms with Crippen LogP contribution in [-0.2, 0) is 4.79 Å². The third-order valence-electron chi connectivity index (χ3n) is 2.52. The Kier molecular flexibility index (Phi) is 4.71. The predicted octanol–water partition coefficient (Wildman–Crippen LogP) is 0.891. The van der Waals surface area contributed by atoms with Gasteiger partial charge in [-0.25, -0.2) is 4.79 Å². The molecule has 0 aliphatic heterocycles. The van der Waals surface area contributed by atoms with Crippen LogP contribution in [0.25, 0.3) is 0 Å². The van der Waals surface area contributed by atoms with Crippen molar-refractivity contribution in [1.82, 2.24) is 5.32 Å². The number of hydrogen-bond donors (Lipinski definition) is 2. The van der Waals surface area contributed by atoms with Crippen LogP contribution >= 0.6 is 0 Å². The number of carboxylic acid groups (broad SMARTS) is 1. The Hall–Kier alpha value is -2.04. The first kappa shape index (κ1) is 14.0.